The van der Waals surface area contributed by atoms with Crippen LogP contribution in [0.5, 0.6) is 0 Å². The van der Waals surface area contributed by atoms with Gasteiger partial charge in [-0.25, -0.2) is 9.18 Å². The van der Waals surface area contributed by atoms with Gasteiger partial charge in [-0.2, -0.15) is 11.8 Å². The van der Waals surface area contributed by atoms with Crippen molar-refractivity contribution in [1.29, 1.82) is 0 Å². The average Bonchev–Trinajstić information content (AvgIpc) is 2.26. The predicted molar refractivity (Wildman–Crippen MR) is 64.4 cm³/mol. The van der Waals surface area contributed by atoms with Gasteiger partial charge in [0.05, 0.1) is 5.56 Å². The van der Waals surface area contributed by atoms with Crippen molar-refractivity contribution in [2.24, 2.45) is 0 Å². The van der Waals surface area contributed by atoms with Crippen LogP contribution in [0, 0.1) is 5.82 Å². The first-order chi connectivity index (χ1) is 7.54. The fourth-order valence-corrected chi connectivity index (χ4v) is 2.08. The molecule has 0 aromatic heterocycles. The van der Waals surface area contributed by atoms with Crippen LogP contribution in [0.4, 0.5) is 4.39 Å². The first kappa shape index (κ1) is 13.0. The highest BCUT2D eigenvalue weighted by Gasteiger charge is 2.09. The van der Waals surface area contributed by atoms with Gasteiger partial charge < -0.3 is 5.11 Å². The smallest absolute Gasteiger partial charge is 0.335 e. The summed E-state index contributed by atoms with van der Waals surface area (Å²) in [7, 11) is 0. The standard InChI is InChI=1S/C12H15FO2S/c1-3-8(2)16-7-10-5-4-9(12(14)15)6-11(10)13/h4-6,8H,3,7H2,1-2H3,(H,14,15). The first-order valence-corrected chi connectivity index (χ1v) is 6.22. The summed E-state index contributed by atoms with van der Waals surface area (Å²) in [6.45, 7) is 4.18. The molecule has 1 aromatic carbocycles. The molecule has 0 aliphatic heterocycles. The second-order valence-corrected chi connectivity index (χ2v) is 5.07. The van der Waals surface area contributed by atoms with E-state index in [9.17, 15) is 9.18 Å². The number of benzene rings is 1. The van der Waals surface area contributed by atoms with Crippen molar-refractivity contribution in [2.45, 2.75) is 31.3 Å². The van der Waals surface area contributed by atoms with Gasteiger partial charge in [-0.05, 0) is 24.1 Å². The van der Waals surface area contributed by atoms with E-state index >= 15 is 0 Å². The van der Waals surface area contributed by atoms with Crippen molar-refractivity contribution in [2.75, 3.05) is 0 Å². The molecule has 0 saturated heterocycles. The molecule has 88 valence electrons. The van der Waals surface area contributed by atoms with Gasteiger partial charge in [0.2, 0.25) is 0 Å². The summed E-state index contributed by atoms with van der Waals surface area (Å²) < 4.78 is 13.5. The zero-order valence-corrected chi connectivity index (χ0v) is 10.2. The molecule has 0 heterocycles. The molecular formula is C12H15FO2S. The minimum absolute atomic E-state index is 0.00482. The lowest BCUT2D eigenvalue weighted by Gasteiger charge is -2.08. The molecule has 1 atom stereocenters. The van der Waals surface area contributed by atoms with Crippen LogP contribution in [-0.4, -0.2) is 16.3 Å². The number of thioether (sulfide) groups is 1. The second kappa shape index (κ2) is 5.89. The monoisotopic (exact) mass is 242 g/mol. The Bertz CT molecular complexity index is 379. The van der Waals surface area contributed by atoms with E-state index in [2.05, 4.69) is 13.8 Å². The minimum atomic E-state index is -1.10. The fourth-order valence-electron chi connectivity index (χ4n) is 1.15. The number of carboxylic acids is 1. The molecule has 0 spiro atoms. The molecule has 0 fully saturated rings. The number of rotatable bonds is 5. The van der Waals surface area contributed by atoms with Crippen LogP contribution in [0.15, 0.2) is 18.2 Å². The van der Waals surface area contributed by atoms with Crippen molar-refractivity contribution in [3.8, 4) is 0 Å². The summed E-state index contributed by atoms with van der Waals surface area (Å²) in [6.07, 6.45) is 1.04. The SMILES string of the molecule is CCC(C)SCc1ccc(C(=O)O)cc1F. The van der Waals surface area contributed by atoms with Gasteiger partial charge in [0, 0.05) is 11.0 Å². The van der Waals surface area contributed by atoms with Gasteiger partial charge in [0.25, 0.3) is 0 Å². The number of hydrogen-bond donors (Lipinski definition) is 1. The maximum absolute atomic E-state index is 13.5. The van der Waals surface area contributed by atoms with E-state index in [1.54, 1.807) is 17.8 Å². The topological polar surface area (TPSA) is 37.3 Å². The highest BCUT2D eigenvalue weighted by atomic mass is 32.2. The minimum Gasteiger partial charge on any atom is -0.478 e. The van der Waals surface area contributed by atoms with Gasteiger partial charge in [0.15, 0.2) is 0 Å². The Labute approximate surface area is 98.9 Å². The molecule has 0 saturated carbocycles. The van der Waals surface area contributed by atoms with Crippen molar-refractivity contribution >= 4 is 17.7 Å². The summed E-state index contributed by atoms with van der Waals surface area (Å²) in [6, 6.07) is 4.07. The van der Waals surface area contributed by atoms with E-state index in [1.807, 2.05) is 0 Å². The number of aromatic carboxylic acids is 1. The molecule has 0 aliphatic rings. The maximum Gasteiger partial charge on any atom is 0.335 e. The molecule has 4 heteroatoms. The molecular weight excluding hydrogens is 227 g/mol. The van der Waals surface area contributed by atoms with E-state index in [0.717, 1.165) is 12.5 Å². The summed E-state index contributed by atoms with van der Waals surface area (Å²) in [5.41, 5.74) is 0.560. The van der Waals surface area contributed by atoms with E-state index in [4.69, 9.17) is 5.11 Å². The van der Waals surface area contributed by atoms with Crippen LogP contribution in [0.2, 0.25) is 0 Å². The fraction of sp³-hybridized carbons (Fsp3) is 0.417. The lowest BCUT2D eigenvalue weighted by Crippen LogP contribution is -2.00. The number of carboxylic acid groups (broad SMARTS) is 1. The largest absolute Gasteiger partial charge is 0.478 e. The normalized spacial score (nSPS) is 12.4. The van der Waals surface area contributed by atoms with E-state index < -0.39 is 11.8 Å². The van der Waals surface area contributed by atoms with Gasteiger partial charge in [0.1, 0.15) is 5.82 Å². The molecule has 0 bridgehead atoms. The Morgan fingerprint density at radius 1 is 1.56 bits per heavy atom. The second-order valence-electron chi connectivity index (χ2n) is 3.64. The van der Waals surface area contributed by atoms with Crippen LogP contribution >= 0.6 is 11.8 Å². The molecule has 2 nitrogen and oxygen atoms in total. The molecule has 1 N–H and O–H groups in total. The van der Waals surface area contributed by atoms with Crippen LogP contribution in [0.1, 0.15) is 36.2 Å². The number of hydrogen-bond acceptors (Lipinski definition) is 2. The summed E-state index contributed by atoms with van der Waals surface area (Å²) in [5.74, 6) is -0.948. The third kappa shape index (κ3) is 3.52. The van der Waals surface area contributed by atoms with Crippen molar-refractivity contribution in [3.05, 3.63) is 35.1 Å². The highest BCUT2D eigenvalue weighted by Crippen LogP contribution is 2.22. The quantitative estimate of drug-likeness (QED) is 0.857. The maximum atomic E-state index is 13.5. The Morgan fingerprint density at radius 3 is 2.75 bits per heavy atom. The van der Waals surface area contributed by atoms with Crippen molar-refractivity contribution in [1.82, 2.24) is 0 Å². The Hall–Kier alpha value is -1.03. The lowest BCUT2D eigenvalue weighted by molar-refractivity contribution is 0.0696. The summed E-state index contributed by atoms with van der Waals surface area (Å²) >= 11 is 1.67. The van der Waals surface area contributed by atoms with Gasteiger partial charge in [-0.1, -0.05) is 19.9 Å². The summed E-state index contributed by atoms with van der Waals surface area (Å²) in [4.78, 5) is 10.6. The first-order valence-electron chi connectivity index (χ1n) is 5.18. The third-order valence-electron chi connectivity index (χ3n) is 2.40. The number of carbonyl (C=O) groups is 1. The van der Waals surface area contributed by atoms with Gasteiger partial charge >= 0.3 is 5.97 Å². The Balaban J connectivity index is 2.72. The van der Waals surface area contributed by atoms with E-state index in [0.29, 0.717) is 16.6 Å². The summed E-state index contributed by atoms with van der Waals surface area (Å²) in [5, 5.41) is 9.17. The highest BCUT2D eigenvalue weighted by molar-refractivity contribution is 7.99. The molecule has 0 aliphatic carbocycles. The van der Waals surface area contributed by atoms with Gasteiger partial charge in [-0.15, -0.1) is 0 Å². The van der Waals surface area contributed by atoms with Crippen molar-refractivity contribution in [3.63, 3.8) is 0 Å². The van der Waals surface area contributed by atoms with Crippen LogP contribution in [0.25, 0.3) is 0 Å². The van der Waals surface area contributed by atoms with E-state index in [-0.39, 0.29) is 5.56 Å². The molecule has 1 rings (SSSR count). The predicted octanol–water partition coefficient (Wildman–Crippen LogP) is 3.56. The van der Waals surface area contributed by atoms with Crippen molar-refractivity contribution < 1.29 is 14.3 Å². The van der Waals surface area contributed by atoms with Gasteiger partial charge in [-0.3, -0.25) is 0 Å². The molecule has 1 unspecified atom stereocenters. The zero-order chi connectivity index (χ0) is 12.1. The Morgan fingerprint density at radius 2 is 2.25 bits per heavy atom. The molecule has 0 radical (unpaired) electrons. The average molecular weight is 242 g/mol. The molecule has 16 heavy (non-hydrogen) atoms. The molecule has 1 aromatic rings. The molecule has 0 amide bonds. The van der Waals surface area contributed by atoms with Crippen LogP contribution < -0.4 is 0 Å². The third-order valence-corrected chi connectivity index (χ3v) is 3.78. The Kier molecular flexibility index (Phi) is 4.80. The lowest BCUT2D eigenvalue weighted by atomic mass is 10.1. The number of halogens is 1. The van der Waals surface area contributed by atoms with Crippen LogP contribution in [0.3, 0.4) is 0 Å². The van der Waals surface area contributed by atoms with E-state index in [1.165, 1.54) is 6.07 Å². The van der Waals surface area contributed by atoms with Crippen LogP contribution in [-0.2, 0) is 5.75 Å². The zero-order valence-electron chi connectivity index (χ0n) is 9.37.